The maximum Gasteiger partial charge on any atom is 0.275 e. The molecule has 0 aromatic heterocycles. The minimum Gasteiger partial charge on any atom is -0.382 e. The van der Waals surface area contributed by atoms with E-state index in [2.05, 4.69) is 5.32 Å². The van der Waals surface area contributed by atoms with Gasteiger partial charge in [-0.15, -0.1) is 0 Å². The molecule has 5 nitrogen and oxygen atoms in total. The SMILES string of the molecule is NCc1c(NCCF)cccc1[N+](=O)[O-]. The van der Waals surface area contributed by atoms with Crippen molar-refractivity contribution in [2.75, 3.05) is 18.5 Å². The van der Waals surface area contributed by atoms with Crippen molar-refractivity contribution in [2.45, 2.75) is 6.54 Å². The Morgan fingerprint density at radius 1 is 1.53 bits per heavy atom. The quantitative estimate of drug-likeness (QED) is 0.572. The standard InChI is InChI=1S/C9H12FN3O2/c10-4-5-12-8-2-1-3-9(13(14)15)7(8)6-11/h1-3,12H,4-6,11H2. The summed E-state index contributed by atoms with van der Waals surface area (Å²) >= 11 is 0. The van der Waals surface area contributed by atoms with Crippen molar-refractivity contribution in [3.63, 3.8) is 0 Å². The second-order valence-electron chi connectivity index (χ2n) is 2.88. The van der Waals surface area contributed by atoms with Crippen LogP contribution in [0.3, 0.4) is 0 Å². The van der Waals surface area contributed by atoms with Crippen LogP contribution in [-0.4, -0.2) is 18.1 Å². The first kappa shape index (κ1) is 11.4. The van der Waals surface area contributed by atoms with Crippen LogP contribution in [0.5, 0.6) is 0 Å². The van der Waals surface area contributed by atoms with Crippen LogP contribution in [0.2, 0.25) is 0 Å². The molecule has 0 saturated carbocycles. The highest BCUT2D eigenvalue weighted by atomic mass is 19.1. The van der Waals surface area contributed by atoms with E-state index in [4.69, 9.17) is 5.73 Å². The fraction of sp³-hybridized carbons (Fsp3) is 0.333. The summed E-state index contributed by atoms with van der Waals surface area (Å²) in [6.45, 7) is -0.368. The number of anilines is 1. The molecule has 15 heavy (non-hydrogen) atoms. The van der Waals surface area contributed by atoms with Crippen LogP contribution in [0.15, 0.2) is 18.2 Å². The number of rotatable bonds is 5. The Labute approximate surface area is 86.2 Å². The Kier molecular flexibility index (Phi) is 3.99. The van der Waals surface area contributed by atoms with Crippen molar-refractivity contribution in [3.05, 3.63) is 33.9 Å². The summed E-state index contributed by atoms with van der Waals surface area (Å²) in [5.41, 5.74) is 6.30. The number of nitrogens with zero attached hydrogens (tertiary/aromatic N) is 1. The molecule has 0 aliphatic heterocycles. The summed E-state index contributed by atoms with van der Waals surface area (Å²) in [5.74, 6) is 0. The van der Waals surface area contributed by atoms with Crippen LogP contribution >= 0.6 is 0 Å². The minimum absolute atomic E-state index is 0.0404. The van der Waals surface area contributed by atoms with E-state index in [1.807, 2.05) is 0 Å². The third-order valence-electron chi connectivity index (χ3n) is 1.96. The number of benzene rings is 1. The Morgan fingerprint density at radius 2 is 2.27 bits per heavy atom. The Hall–Kier alpha value is -1.69. The lowest BCUT2D eigenvalue weighted by Gasteiger charge is -2.09. The van der Waals surface area contributed by atoms with E-state index >= 15 is 0 Å². The first-order chi connectivity index (χ1) is 7.20. The Balaban J connectivity index is 3.04. The zero-order chi connectivity index (χ0) is 11.3. The average Bonchev–Trinajstić information content (AvgIpc) is 2.25. The first-order valence-corrected chi connectivity index (χ1v) is 4.47. The summed E-state index contributed by atoms with van der Waals surface area (Å²) in [4.78, 5) is 10.2. The van der Waals surface area contributed by atoms with Crippen LogP contribution in [-0.2, 0) is 6.54 Å². The number of nitro benzene ring substituents is 1. The largest absolute Gasteiger partial charge is 0.382 e. The second kappa shape index (κ2) is 5.26. The number of alkyl halides is 1. The maximum absolute atomic E-state index is 11.9. The van der Waals surface area contributed by atoms with Gasteiger partial charge >= 0.3 is 0 Å². The number of nitrogens with two attached hydrogens (primary N) is 1. The molecule has 0 radical (unpaired) electrons. The van der Waals surface area contributed by atoms with E-state index < -0.39 is 11.6 Å². The molecule has 0 fully saturated rings. The van der Waals surface area contributed by atoms with Crippen molar-refractivity contribution >= 4 is 11.4 Å². The summed E-state index contributed by atoms with van der Waals surface area (Å²) in [6.07, 6.45) is 0. The van der Waals surface area contributed by atoms with Crippen LogP contribution in [0.25, 0.3) is 0 Å². The molecule has 0 atom stereocenters. The van der Waals surface area contributed by atoms with Crippen molar-refractivity contribution in [3.8, 4) is 0 Å². The maximum atomic E-state index is 11.9. The van der Waals surface area contributed by atoms with Gasteiger partial charge in [0.1, 0.15) is 6.67 Å². The molecule has 0 unspecified atom stereocenters. The van der Waals surface area contributed by atoms with Gasteiger partial charge in [-0.2, -0.15) is 0 Å². The van der Waals surface area contributed by atoms with Gasteiger partial charge in [0.2, 0.25) is 0 Å². The Bertz CT molecular complexity index is 357. The molecule has 1 rings (SSSR count). The van der Waals surface area contributed by atoms with E-state index in [9.17, 15) is 14.5 Å². The van der Waals surface area contributed by atoms with Gasteiger partial charge in [0.25, 0.3) is 5.69 Å². The zero-order valence-electron chi connectivity index (χ0n) is 8.07. The van der Waals surface area contributed by atoms with Crippen molar-refractivity contribution in [1.82, 2.24) is 0 Å². The molecule has 6 heteroatoms. The zero-order valence-corrected chi connectivity index (χ0v) is 8.07. The van der Waals surface area contributed by atoms with Crippen LogP contribution in [0, 0.1) is 10.1 Å². The van der Waals surface area contributed by atoms with E-state index in [0.29, 0.717) is 11.3 Å². The molecule has 0 spiro atoms. The predicted octanol–water partition coefficient (Wildman–Crippen LogP) is 1.43. The molecule has 0 saturated heterocycles. The molecule has 3 N–H and O–H groups in total. The van der Waals surface area contributed by atoms with Gasteiger partial charge in [0.15, 0.2) is 0 Å². The highest BCUT2D eigenvalue weighted by Crippen LogP contribution is 2.25. The smallest absolute Gasteiger partial charge is 0.275 e. The van der Waals surface area contributed by atoms with Gasteiger partial charge in [0.05, 0.1) is 10.5 Å². The predicted molar refractivity (Wildman–Crippen MR) is 55.5 cm³/mol. The van der Waals surface area contributed by atoms with Crippen molar-refractivity contribution < 1.29 is 9.31 Å². The fourth-order valence-corrected chi connectivity index (χ4v) is 1.31. The average molecular weight is 213 g/mol. The summed E-state index contributed by atoms with van der Waals surface area (Å²) in [7, 11) is 0. The number of hydrogen-bond donors (Lipinski definition) is 2. The minimum atomic E-state index is -0.535. The highest BCUT2D eigenvalue weighted by molar-refractivity contribution is 5.60. The van der Waals surface area contributed by atoms with Crippen LogP contribution in [0.4, 0.5) is 15.8 Å². The fourth-order valence-electron chi connectivity index (χ4n) is 1.31. The molecule has 1 aromatic rings. The number of nitrogens with one attached hydrogen (secondary N) is 1. The molecule has 0 aliphatic carbocycles. The molecular weight excluding hydrogens is 201 g/mol. The second-order valence-corrected chi connectivity index (χ2v) is 2.88. The molecule has 0 bridgehead atoms. The molecule has 0 amide bonds. The van der Waals surface area contributed by atoms with Gasteiger partial charge in [-0.3, -0.25) is 10.1 Å². The van der Waals surface area contributed by atoms with E-state index in [1.165, 1.54) is 12.1 Å². The lowest BCUT2D eigenvalue weighted by molar-refractivity contribution is -0.385. The Morgan fingerprint density at radius 3 is 2.80 bits per heavy atom. The lowest BCUT2D eigenvalue weighted by atomic mass is 10.1. The van der Waals surface area contributed by atoms with E-state index in [0.717, 1.165) is 0 Å². The van der Waals surface area contributed by atoms with Crippen molar-refractivity contribution in [1.29, 1.82) is 0 Å². The van der Waals surface area contributed by atoms with Crippen LogP contribution in [0.1, 0.15) is 5.56 Å². The molecule has 82 valence electrons. The van der Waals surface area contributed by atoms with Gasteiger partial charge in [-0.05, 0) is 6.07 Å². The van der Waals surface area contributed by atoms with Crippen LogP contribution < -0.4 is 11.1 Å². The topological polar surface area (TPSA) is 81.2 Å². The van der Waals surface area contributed by atoms with Crippen molar-refractivity contribution in [2.24, 2.45) is 5.73 Å². The molecule has 1 aromatic carbocycles. The molecule has 0 aliphatic rings. The van der Waals surface area contributed by atoms with E-state index in [-0.39, 0.29) is 18.8 Å². The van der Waals surface area contributed by atoms with Gasteiger partial charge in [-0.1, -0.05) is 6.07 Å². The third kappa shape index (κ3) is 2.63. The van der Waals surface area contributed by atoms with Gasteiger partial charge in [0, 0.05) is 24.8 Å². The monoisotopic (exact) mass is 213 g/mol. The number of hydrogen-bond acceptors (Lipinski definition) is 4. The third-order valence-corrected chi connectivity index (χ3v) is 1.96. The molecular formula is C9H12FN3O2. The summed E-state index contributed by atoms with van der Waals surface area (Å²) < 4.78 is 11.9. The lowest BCUT2D eigenvalue weighted by Crippen LogP contribution is -2.10. The highest BCUT2D eigenvalue weighted by Gasteiger charge is 2.15. The number of halogens is 1. The first-order valence-electron chi connectivity index (χ1n) is 4.47. The van der Waals surface area contributed by atoms with Gasteiger partial charge < -0.3 is 11.1 Å². The number of nitro groups is 1. The van der Waals surface area contributed by atoms with Gasteiger partial charge in [-0.25, -0.2) is 4.39 Å². The summed E-state index contributed by atoms with van der Waals surface area (Å²) in [5, 5.41) is 13.4. The normalized spacial score (nSPS) is 10.0. The molecule has 0 heterocycles. The van der Waals surface area contributed by atoms with E-state index in [1.54, 1.807) is 6.07 Å². The summed E-state index contributed by atoms with van der Waals surface area (Å²) in [6, 6.07) is 4.56.